The lowest BCUT2D eigenvalue weighted by atomic mass is 9.91. The number of fused-ring (bicyclic) bond motifs is 2. The first-order valence-corrected chi connectivity index (χ1v) is 15.3. The second-order valence-electron chi connectivity index (χ2n) is 11.4. The Balaban J connectivity index is 1.51. The number of rotatable bonds is 0. The summed E-state index contributed by atoms with van der Waals surface area (Å²) in [4.78, 5) is 25.5. The van der Waals surface area contributed by atoms with E-state index in [0.29, 0.717) is 85.6 Å². The molecule has 0 spiro atoms. The van der Waals surface area contributed by atoms with Gasteiger partial charge < -0.3 is 35.6 Å². The predicted molar refractivity (Wildman–Crippen MR) is 170 cm³/mol. The zero-order valence-electron chi connectivity index (χ0n) is 25.0. The van der Waals surface area contributed by atoms with Gasteiger partial charge in [0, 0.05) is 51.9 Å². The van der Waals surface area contributed by atoms with Crippen molar-refractivity contribution in [2.75, 3.05) is 39.4 Å². The molecule has 2 amide bonds. The Bertz CT molecular complexity index is 1510. The number of nitrogens with one attached hydrogen (secondary N) is 3. The van der Waals surface area contributed by atoms with E-state index < -0.39 is 0 Å². The molecule has 1 aliphatic heterocycles. The molecular weight excluding hydrogens is 570 g/mol. The van der Waals surface area contributed by atoms with Crippen LogP contribution in [0.2, 0.25) is 0 Å². The number of benzene rings is 4. The molecule has 0 fully saturated rings. The molecular formula is C36H37N3O6. The molecule has 2 aliphatic rings. The number of ether oxygens (including phenoxy) is 2. The van der Waals surface area contributed by atoms with Gasteiger partial charge in [0.05, 0.1) is 0 Å². The zero-order chi connectivity index (χ0) is 31.2. The first kappa shape index (κ1) is 30.0. The third-order valence-corrected chi connectivity index (χ3v) is 8.23. The molecule has 4 aromatic carbocycles. The molecule has 0 saturated heterocycles. The van der Waals surface area contributed by atoms with Gasteiger partial charge in [-0.15, -0.1) is 0 Å². The molecule has 0 aromatic heterocycles. The van der Waals surface area contributed by atoms with Gasteiger partial charge in [0.1, 0.15) is 23.0 Å². The molecule has 4 aromatic rings. The van der Waals surface area contributed by atoms with Gasteiger partial charge in [0.15, 0.2) is 13.2 Å². The van der Waals surface area contributed by atoms with Gasteiger partial charge >= 0.3 is 0 Å². The summed E-state index contributed by atoms with van der Waals surface area (Å²) in [7, 11) is 0. The average molecular weight is 608 g/mol. The van der Waals surface area contributed by atoms with Crippen molar-refractivity contribution in [3.05, 3.63) is 117 Å². The Morgan fingerprint density at radius 2 is 0.778 bits per heavy atom. The van der Waals surface area contributed by atoms with Crippen LogP contribution in [0.3, 0.4) is 0 Å². The summed E-state index contributed by atoms with van der Waals surface area (Å²) in [6, 6.07) is 23.0. The van der Waals surface area contributed by atoms with E-state index in [4.69, 9.17) is 9.47 Å². The lowest BCUT2D eigenvalue weighted by molar-refractivity contribution is -0.123. The van der Waals surface area contributed by atoms with Crippen LogP contribution in [0.1, 0.15) is 44.5 Å². The van der Waals surface area contributed by atoms with Crippen LogP contribution in [0.5, 0.6) is 23.0 Å². The van der Waals surface area contributed by atoms with Crippen molar-refractivity contribution in [3.63, 3.8) is 0 Å². The maximum absolute atomic E-state index is 12.8. The van der Waals surface area contributed by atoms with Crippen LogP contribution in [-0.2, 0) is 35.3 Å². The molecule has 0 saturated carbocycles. The van der Waals surface area contributed by atoms with E-state index in [2.05, 4.69) is 16.0 Å². The van der Waals surface area contributed by atoms with Crippen molar-refractivity contribution < 1.29 is 29.3 Å². The van der Waals surface area contributed by atoms with Gasteiger partial charge in [-0.1, -0.05) is 72.8 Å². The summed E-state index contributed by atoms with van der Waals surface area (Å²) in [5.74, 6) is 0.936. The van der Waals surface area contributed by atoms with Crippen molar-refractivity contribution in [2.24, 2.45) is 0 Å². The first-order chi connectivity index (χ1) is 22.0. The maximum atomic E-state index is 12.8. The molecule has 10 bridgehead atoms. The van der Waals surface area contributed by atoms with E-state index in [-0.39, 0.29) is 36.5 Å². The fourth-order valence-electron chi connectivity index (χ4n) is 5.97. The minimum atomic E-state index is -0.265. The number of phenolic OH excluding ortho intramolecular Hbond substituents is 2. The Hall–Kier alpha value is -5.02. The number of para-hydroxylation sites is 4. The molecule has 0 radical (unpaired) electrons. The van der Waals surface area contributed by atoms with Gasteiger partial charge in [0.25, 0.3) is 11.8 Å². The lowest BCUT2D eigenvalue weighted by Gasteiger charge is -2.20. The largest absolute Gasteiger partial charge is 0.507 e. The molecule has 5 N–H and O–H groups in total. The third kappa shape index (κ3) is 7.05. The molecule has 232 valence electrons. The van der Waals surface area contributed by atoms with Crippen LogP contribution in [0.15, 0.2) is 72.8 Å². The number of hydrogen-bond donors (Lipinski definition) is 5. The van der Waals surface area contributed by atoms with Crippen molar-refractivity contribution in [3.8, 4) is 23.0 Å². The predicted octanol–water partition coefficient (Wildman–Crippen LogP) is 3.37. The van der Waals surface area contributed by atoms with Crippen LogP contribution in [0.25, 0.3) is 0 Å². The normalized spacial score (nSPS) is 16.0. The second-order valence-corrected chi connectivity index (χ2v) is 11.4. The minimum absolute atomic E-state index is 0.172. The Kier molecular flexibility index (Phi) is 9.17. The standard InChI is InChI=1S/C36H37N3O6/c40-31-21-44-35-27-9-3-11-29(35)19-25-7-2-8-26(34(25)43)20-30-12-4-10-28(18-24-6-1-5-23(17-27)33(24)42)36(30)45-22-32(41)39-16-14-37-13-15-38-31/h1-12,37,42-43H,13-22H2,(H,38,40)(H,39,41). The minimum Gasteiger partial charge on any atom is -0.507 e. The van der Waals surface area contributed by atoms with Crippen LogP contribution >= 0.6 is 0 Å². The molecule has 0 unspecified atom stereocenters. The Morgan fingerprint density at radius 3 is 1.11 bits per heavy atom. The van der Waals surface area contributed by atoms with Crippen molar-refractivity contribution >= 4 is 11.8 Å². The molecule has 45 heavy (non-hydrogen) atoms. The maximum Gasteiger partial charge on any atom is 0.257 e. The van der Waals surface area contributed by atoms with E-state index in [0.717, 1.165) is 22.3 Å². The van der Waals surface area contributed by atoms with Crippen LogP contribution in [0, 0.1) is 0 Å². The highest BCUT2D eigenvalue weighted by atomic mass is 16.5. The van der Waals surface area contributed by atoms with Crippen molar-refractivity contribution in [1.82, 2.24) is 16.0 Å². The highest BCUT2D eigenvalue weighted by Gasteiger charge is 2.21. The van der Waals surface area contributed by atoms with Crippen LogP contribution < -0.4 is 25.4 Å². The van der Waals surface area contributed by atoms with E-state index in [1.165, 1.54) is 0 Å². The van der Waals surface area contributed by atoms with E-state index >= 15 is 0 Å². The van der Waals surface area contributed by atoms with Gasteiger partial charge in [-0.25, -0.2) is 0 Å². The number of carbonyl (C=O) groups excluding carboxylic acids is 2. The molecule has 6 rings (SSSR count). The quantitative estimate of drug-likeness (QED) is 0.183. The zero-order valence-corrected chi connectivity index (χ0v) is 25.0. The van der Waals surface area contributed by atoms with Gasteiger partial charge in [-0.3, -0.25) is 9.59 Å². The molecule has 0 atom stereocenters. The van der Waals surface area contributed by atoms with Gasteiger partial charge in [0.2, 0.25) is 0 Å². The number of phenols is 2. The van der Waals surface area contributed by atoms with Gasteiger partial charge in [-0.2, -0.15) is 0 Å². The summed E-state index contributed by atoms with van der Waals surface area (Å²) in [6.07, 6.45) is 1.46. The molecule has 1 heterocycles. The molecule has 9 nitrogen and oxygen atoms in total. The SMILES string of the molecule is O=C1COc2c3cccc2Cc2cccc(c2O)Cc2cccc(c2OCC(=O)NCCNCCN1)Cc1cccc(c1O)C3. The fraction of sp³-hybridized carbons (Fsp3) is 0.278. The van der Waals surface area contributed by atoms with Gasteiger partial charge in [-0.05, 0) is 44.5 Å². The highest BCUT2D eigenvalue weighted by molar-refractivity contribution is 5.78. The van der Waals surface area contributed by atoms with Crippen LogP contribution in [0.4, 0.5) is 0 Å². The molecule has 1 aliphatic carbocycles. The summed E-state index contributed by atoms with van der Waals surface area (Å²) in [5.41, 5.74) is 6.11. The van der Waals surface area contributed by atoms with E-state index in [1.54, 1.807) is 0 Å². The monoisotopic (exact) mass is 607 g/mol. The summed E-state index contributed by atoms with van der Waals surface area (Å²) in [6.45, 7) is 1.48. The first-order valence-electron chi connectivity index (χ1n) is 15.3. The van der Waals surface area contributed by atoms with Crippen molar-refractivity contribution in [2.45, 2.75) is 25.7 Å². The third-order valence-electron chi connectivity index (χ3n) is 8.23. The number of amides is 2. The number of hydrogen-bond acceptors (Lipinski definition) is 7. The molecule has 9 heteroatoms. The smallest absolute Gasteiger partial charge is 0.257 e. The van der Waals surface area contributed by atoms with Crippen LogP contribution in [-0.4, -0.2) is 61.4 Å². The van der Waals surface area contributed by atoms with E-state index in [9.17, 15) is 19.8 Å². The summed E-state index contributed by atoms with van der Waals surface area (Å²) in [5, 5.41) is 31.9. The summed E-state index contributed by atoms with van der Waals surface area (Å²) >= 11 is 0. The van der Waals surface area contributed by atoms with E-state index in [1.807, 2.05) is 72.8 Å². The summed E-state index contributed by atoms with van der Waals surface area (Å²) < 4.78 is 12.4. The average Bonchev–Trinajstić information content (AvgIpc) is 3.03. The number of aromatic hydroxyl groups is 2. The Morgan fingerprint density at radius 1 is 0.467 bits per heavy atom. The highest BCUT2D eigenvalue weighted by Crippen LogP contribution is 2.38. The second kappa shape index (κ2) is 13.7. The topological polar surface area (TPSA) is 129 Å². The number of carbonyl (C=O) groups is 2. The fourth-order valence-corrected chi connectivity index (χ4v) is 5.97. The van der Waals surface area contributed by atoms with Crippen molar-refractivity contribution in [1.29, 1.82) is 0 Å². The Labute approximate surface area is 262 Å². The lowest BCUT2D eigenvalue weighted by Crippen LogP contribution is -2.38.